The molecule has 4 N–H and O–H groups in total. The number of hydrogen-bond donors (Lipinski definition) is 4. The topological polar surface area (TPSA) is 124 Å². The lowest BCUT2D eigenvalue weighted by Gasteiger charge is -2.21. The zero-order chi connectivity index (χ0) is 18.7. The van der Waals surface area contributed by atoms with E-state index >= 15 is 0 Å². The second-order valence-electron chi connectivity index (χ2n) is 6.29. The lowest BCUT2D eigenvalue weighted by molar-refractivity contribution is -0.155. The highest BCUT2D eigenvalue weighted by molar-refractivity contribution is 7.15. The number of rotatable bonds is 6. The van der Waals surface area contributed by atoms with Gasteiger partial charge in [-0.1, -0.05) is 41.7 Å². The molecule has 0 radical (unpaired) electrons. The minimum Gasteiger partial charge on any atom is -0.479 e. The van der Waals surface area contributed by atoms with Crippen molar-refractivity contribution < 1.29 is 19.8 Å². The molecule has 1 aromatic carbocycles. The summed E-state index contributed by atoms with van der Waals surface area (Å²) >= 11 is 1.23. The van der Waals surface area contributed by atoms with E-state index in [1.165, 1.54) is 11.3 Å². The van der Waals surface area contributed by atoms with Gasteiger partial charge in [-0.05, 0) is 26.3 Å². The molecule has 2 aromatic rings. The third-order valence-electron chi connectivity index (χ3n) is 3.73. The van der Waals surface area contributed by atoms with Gasteiger partial charge in [-0.2, -0.15) is 0 Å². The molecule has 2 amide bonds. The van der Waals surface area contributed by atoms with Gasteiger partial charge in [-0.15, -0.1) is 10.2 Å². The van der Waals surface area contributed by atoms with Crippen LogP contribution in [0, 0.1) is 0 Å². The summed E-state index contributed by atoms with van der Waals surface area (Å²) in [5.41, 5.74) is -1.35. The Balaban J connectivity index is 2.02. The van der Waals surface area contributed by atoms with E-state index in [2.05, 4.69) is 20.8 Å². The minimum atomic E-state index is -2.04. The number of aromatic nitrogens is 2. The summed E-state index contributed by atoms with van der Waals surface area (Å²) in [6, 6.07) is 9.15. The van der Waals surface area contributed by atoms with Crippen LogP contribution in [0.15, 0.2) is 30.3 Å². The van der Waals surface area contributed by atoms with E-state index in [1.807, 2.05) is 44.2 Å². The Kier molecular flexibility index (Phi) is 5.39. The number of hydrogen-bond acceptors (Lipinski definition) is 6. The van der Waals surface area contributed by atoms with Gasteiger partial charge in [-0.3, -0.25) is 5.32 Å². The molecule has 134 valence electrons. The largest absolute Gasteiger partial charge is 0.479 e. The molecule has 9 heteroatoms. The van der Waals surface area contributed by atoms with Crippen LogP contribution in [-0.2, 0) is 10.2 Å². The summed E-state index contributed by atoms with van der Waals surface area (Å²) in [6.07, 6.45) is 0. The van der Waals surface area contributed by atoms with Crippen LogP contribution in [0.3, 0.4) is 0 Å². The van der Waals surface area contributed by atoms with Crippen molar-refractivity contribution in [1.29, 1.82) is 0 Å². The maximum atomic E-state index is 11.8. The van der Waals surface area contributed by atoms with Crippen LogP contribution in [0.4, 0.5) is 9.93 Å². The van der Waals surface area contributed by atoms with E-state index in [1.54, 1.807) is 0 Å². The van der Waals surface area contributed by atoms with Crippen LogP contribution in [0.1, 0.15) is 31.3 Å². The first-order chi connectivity index (χ1) is 11.6. The van der Waals surface area contributed by atoms with Crippen molar-refractivity contribution in [3.05, 3.63) is 40.9 Å². The number of anilines is 1. The normalized spacial score (nSPS) is 13.8. The van der Waals surface area contributed by atoms with Crippen molar-refractivity contribution in [3.63, 3.8) is 0 Å². The first-order valence-electron chi connectivity index (χ1n) is 7.53. The summed E-state index contributed by atoms with van der Waals surface area (Å²) in [5, 5.41) is 32.3. The molecule has 1 atom stereocenters. The first-order valence-corrected chi connectivity index (χ1v) is 8.35. The van der Waals surface area contributed by atoms with Gasteiger partial charge in [0.1, 0.15) is 5.01 Å². The standard InChI is InChI=1S/C16H20N4O4S/c1-15(2,10-7-5-4-6-8-10)11-19-20-14(25-11)18-13(23)17-9-16(3,24)12(21)22/h4-8,24H,9H2,1-3H3,(H,21,22)(H2,17,18,20,23). The predicted octanol–water partition coefficient (Wildman–Crippen LogP) is 1.82. The highest BCUT2D eigenvalue weighted by Gasteiger charge is 2.31. The Labute approximate surface area is 148 Å². The molecule has 0 spiro atoms. The maximum Gasteiger partial charge on any atom is 0.337 e. The summed E-state index contributed by atoms with van der Waals surface area (Å²) in [6.45, 7) is 4.68. The van der Waals surface area contributed by atoms with Gasteiger partial charge in [0.25, 0.3) is 0 Å². The second kappa shape index (κ2) is 7.16. The number of carboxylic acid groups (broad SMARTS) is 1. The molecule has 0 aliphatic rings. The highest BCUT2D eigenvalue weighted by Crippen LogP contribution is 2.34. The smallest absolute Gasteiger partial charge is 0.337 e. The van der Waals surface area contributed by atoms with E-state index in [0.29, 0.717) is 0 Å². The fourth-order valence-corrected chi connectivity index (χ4v) is 2.84. The number of carbonyl (C=O) groups excluding carboxylic acids is 1. The molecule has 0 aliphatic carbocycles. The quantitative estimate of drug-likeness (QED) is 0.620. The molecule has 2 rings (SSSR count). The van der Waals surface area contributed by atoms with Crippen LogP contribution in [0.25, 0.3) is 0 Å². The molecule has 0 bridgehead atoms. The molecule has 0 aliphatic heterocycles. The fourth-order valence-electron chi connectivity index (χ4n) is 1.97. The van der Waals surface area contributed by atoms with E-state index in [9.17, 15) is 14.7 Å². The van der Waals surface area contributed by atoms with Gasteiger partial charge < -0.3 is 15.5 Å². The van der Waals surface area contributed by atoms with Crippen molar-refractivity contribution in [2.45, 2.75) is 31.8 Å². The Morgan fingerprint density at radius 2 is 1.80 bits per heavy atom. The molecule has 1 unspecified atom stereocenters. The van der Waals surface area contributed by atoms with Gasteiger partial charge >= 0.3 is 12.0 Å². The number of benzene rings is 1. The zero-order valence-corrected chi connectivity index (χ0v) is 14.9. The number of aliphatic hydroxyl groups is 1. The summed E-state index contributed by atoms with van der Waals surface area (Å²) in [7, 11) is 0. The van der Waals surface area contributed by atoms with Gasteiger partial charge in [0, 0.05) is 5.41 Å². The van der Waals surface area contributed by atoms with Crippen molar-refractivity contribution >= 4 is 28.5 Å². The van der Waals surface area contributed by atoms with Crippen molar-refractivity contribution in [2.24, 2.45) is 0 Å². The van der Waals surface area contributed by atoms with E-state index < -0.39 is 24.1 Å². The molecular formula is C16H20N4O4S. The van der Waals surface area contributed by atoms with Crippen LogP contribution in [-0.4, -0.2) is 44.6 Å². The Morgan fingerprint density at radius 3 is 2.40 bits per heavy atom. The molecule has 25 heavy (non-hydrogen) atoms. The Bertz CT molecular complexity index is 759. The number of aliphatic carboxylic acids is 1. The predicted molar refractivity (Wildman–Crippen MR) is 93.8 cm³/mol. The van der Waals surface area contributed by atoms with Gasteiger partial charge in [0.05, 0.1) is 6.54 Å². The van der Waals surface area contributed by atoms with Crippen LogP contribution < -0.4 is 10.6 Å². The number of nitrogens with one attached hydrogen (secondary N) is 2. The Hall–Kier alpha value is -2.52. The summed E-state index contributed by atoms with van der Waals surface area (Å²) in [5.74, 6) is -1.42. The molecule has 0 saturated heterocycles. The van der Waals surface area contributed by atoms with E-state index in [4.69, 9.17) is 5.11 Å². The van der Waals surface area contributed by atoms with Crippen LogP contribution in [0.2, 0.25) is 0 Å². The lowest BCUT2D eigenvalue weighted by Crippen LogP contribution is -2.47. The van der Waals surface area contributed by atoms with E-state index in [0.717, 1.165) is 17.5 Å². The molecule has 8 nitrogen and oxygen atoms in total. The number of urea groups is 1. The van der Waals surface area contributed by atoms with Crippen LogP contribution >= 0.6 is 11.3 Å². The second-order valence-corrected chi connectivity index (χ2v) is 7.27. The fraction of sp³-hybridized carbons (Fsp3) is 0.375. The number of carboxylic acids is 1. The molecule has 0 fully saturated rings. The molecule has 0 saturated carbocycles. The van der Waals surface area contributed by atoms with Crippen molar-refractivity contribution in [3.8, 4) is 0 Å². The number of amides is 2. The SMILES string of the molecule is CC(O)(CNC(=O)Nc1nnc(C(C)(C)c2ccccc2)s1)C(=O)O. The summed E-state index contributed by atoms with van der Waals surface area (Å²) < 4.78 is 0. The first kappa shape index (κ1) is 18.8. The molecule has 1 aromatic heterocycles. The molecular weight excluding hydrogens is 344 g/mol. The Morgan fingerprint density at radius 1 is 1.16 bits per heavy atom. The van der Waals surface area contributed by atoms with Gasteiger partial charge in [0.2, 0.25) is 5.13 Å². The van der Waals surface area contributed by atoms with Crippen molar-refractivity contribution in [2.75, 3.05) is 11.9 Å². The third-order valence-corrected chi connectivity index (χ3v) is 4.89. The molecule has 1 heterocycles. The van der Waals surface area contributed by atoms with Gasteiger partial charge in [-0.25, -0.2) is 9.59 Å². The number of carbonyl (C=O) groups is 2. The summed E-state index contributed by atoms with van der Waals surface area (Å²) in [4.78, 5) is 22.6. The maximum absolute atomic E-state index is 11.8. The minimum absolute atomic E-state index is 0.284. The monoisotopic (exact) mass is 364 g/mol. The van der Waals surface area contributed by atoms with Crippen LogP contribution in [0.5, 0.6) is 0 Å². The van der Waals surface area contributed by atoms with Gasteiger partial charge in [0.15, 0.2) is 5.60 Å². The average molecular weight is 364 g/mol. The zero-order valence-electron chi connectivity index (χ0n) is 14.1. The average Bonchev–Trinajstić information content (AvgIpc) is 3.03. The third kappa shape index (κ3) is 4.52. The lowest BCUT2D eigenvalue weighted by atomic mass is 9.85. The highest BCUT2D eigenvalue weighted by atomic mass is 32.1. The number of nitrogens with zero attached hydrogens (tertiary/aromatic N) is 2. The van der Waals surface area contributed by atoms with E-state index in [-0.39, 0.29) is 10.5 Å². The van der Waals surface area contributed by atoms with Crippen molar-refractivity contribution in [1.82, 2.24) is 15.5 Å².